The summed E-state index contributed by atoms with van der Waals surface area (Å²) < 4.78 is 0. The van der Waals surface area contributed by atoms with E-state index in [1.54, 1.807) is 0 Å². The summed E-state index contributed by atoms with van der Waals surface area (Å²) in [5.41, 5.74) is 4.12. The Labute approximate surface area is 140 Å². The Morgan fingerprint density at radius 1 is 1.22 bits per heavy atom. The summed E-state index contributed by atoms with van der Waals surface area (Å²) in [6.07, 6.45) is 14.0. The monoisotopic (exact) mass is 312 g/mol. The SMILES string of the molecule is CC(C)=CCC/C(C)=C/CC1C(C)=CCC2C(=O)C(=O)C=CC21. The number of hydrogen-bond acceptors (Lipinski definition) is 2. The predicted octanol–water partition coefficient (Wildman–Crippen LogP) is 4.98. The van der Waals surface area contributed by atoms with E-state index in [0.29, 0.717) is 12.3 Å². The Hall–Kier alpha value is -1.70. The third kappa shape index (κ3) is 4.40. The first-order valence-electron chi connectivity index (χ1n) is 8.62. The van der Waals surface area contributed by atoms with Gasteiger partial charge in [0.15, 0.2) is 0 Å². The van der Waals surface area contributed by atoms with Gasteiger partial charge in [0.25, 0.3) is 0 Å². The van der Waals surface area contributed by atoms with Crippen LogP contribution in [0.25, 0.3) is 0 Å². The molecule has 124 valence electrons. The van der Waals surface area contributed by atoms with Crippen molar-refractivity contribution in [3.8, 4) is 0 Å². The van der Waals surface area contributed by atoms with Crippen molar-refractivity contribution in [2.75, 3.05) is 0 Å². The van der Waals surface area contributed by atoms with Crippen molar-refractivity contribution in [1.29, 1.82) is 0 Å². The molecule has 2 rings (SSSR count). The third-order valence-electron chi connectivity index (χ3n) is 5.07. The highest BCUT2D eigenvalue weighted by Crippen LogP contribution is 2.40. The van der Waals surface area contributed by atoms with Crippen molar-refractivity contribution in [2.24, 2.45) is 17.8 Å². The zero-order valence-electron chi connectivity index (χ0n) is 14.8. The molecule has 0 aromatic rings. The minimum Gasteiger partial charge on any atom is -0.290 e. The number of Topliss-reactive ketones (excluding diaryl/α,β-unsaturated/α-hetero) is 1. The molecule has 2 aliphatic rings. The number of carbonyl (C=O) groups excluding carboxylic acids is 2. The van der Waals surface area contributed by atoms with E-state index in [1.165, 1.54) is 22.8 Å². The van der Waals surface area contributed by atoms with Crippen LogP contribution < -0.4 is 0 Å². The van der Waals surface area contributed by atoms with Crippen LogP contribution in [0.4, 0.5) is 0 Å². The summed E-state index contributed by atoms with van der Waals surface area (Å²) in [5.74, 6) is -0.130. The van der Waals surface area contributed by atoms with Crippen LogP contribution in [-0.2, 0) is 9.59 Å². The smallest absolute Gasteiger partial charge is 0.221 e. The van der Waals surface area contributed by atoms with Gasteiger partial charge in [0.1, 0.15) is 0 Å². The highest BCUT2D eigenvalue weighted by molar-refractivity contribution is 6.43. The van der Waals surface area contributed by atoms with Crippen LogP contribution >= 0.6 is 0 Å². The number of fused-ring (bicyclic) bond motifs is 1. The van der Waals surface area contributed by atoms with Gasteiger partial charge in [-0.05, 0) is 71.3 Å². The fourth-order valence-corrected chi connectivity index (χ4v) is 3.58. The van der Waals surface area contributed by atoms with Crippen LogP contribution in [0.5, 0.6) is 0 Å². The quantitative estimate of drug-likeness (QED) is 0.530. The molecule has 0 N–H and O–H groups in total. The zero-order chi connectivity index (χ0) is 17.0. The first-order valence-corrected chi connectivity index (χ1v) is 8.62. The van der Waals surface area contributed by atoms with Gasteiger partial charge in [0.05, 0.1) is 0 Å². The first-order chi connectivity index (χ1) is 10.9. The van der Waals surface area contributed by atoms with E-state index in [2.05, 4.69) is 45.9 Å². The third-order valence-corrected chi connectivity index (χ3v) is 5.07. The summed E-state index contributed by atoms with van der Waals surface area (Å²) in [6, 6.07) is 0. The lowest BCUT2D eigenvalue weighted by Crippen LogP contribution is -2.37. The van der Waals surface area contributed by atoms with Crippen molar-refractivity contribution in [3.05, 3.63) is 47.1 Å². The molecule has 3 atom stereocenters. The maximum absolute atomic E-state index is 12.1. The van der Waals surface area contributed by atoms with E-state index in [9.17, 15) is 9.59 Å². The number of carbonyl (C=O) groups is 2. The molecule has 2 aliphatic carbocycles. The summed E-state index contributed by atoms with van der Waals surface area (Å²) in [4.78, 5) is 23.7. The Morgan fingerprint density at radius 2 is 1.96 bits per heavy atom. The highest BCUT2D eigenvalue weighted by atomic mass is 16.2. The minimum atomic E-state index is -0.327. The lowest BCUT2D eigenvalue weighted by Gasteiger charge is -2.36. The molecule has 0 spiro atoms. The Bertz CT molecular complexity index is 597. The molecule has 0 saturated heterocycles. The summed E-state index contributed by atoms with van der Waals surface area (Å²) in [5, 5.41) is 0. The topological polar surface area (TPSA) is 34.1 Å². The Kier molecular flexibility index (Phi) is 5.92. The molecule has 0 heterocycles. The molecule has 0 aromatic heterocycles. The predicted molar refractivity (Wildman–Crippen MR) is 95.0 cm³/mol. The molecule has 0 fully saturated rings. The van der Waals surface area contributed by atoms with Gasteiger partial charge in [-0.2, -0.15) is 0 Å². The molecular formula is C21H28O2. The second-order valence-electron chi connectivity index (χ2n) is 7.17. The second-order valence-corrected chi connectivity index (χ2v) is 7.17. The van der Waals surface area contributed by atoms with Gasteiger partial charge in [0, 0.05) is 5.92 Å². The molecule has 23 heavy (non-hydrogen) atoms. The standard InChI is InChI=1S/C21H28O2/c1-14(2)6-5-7-15(3)8-10-17-16(4)9-11-19-18(17)12-13-20(22)21(19)23/h6,8-9,12-13,17-19H,5,7,10-11H2,1-4H3/b15-8+. The number of hydrogen-bond donors (Lipinski definition) is 0. The second kappa shape index (κ2) is 7.72. The van der Waals surface area contributed by atoms with E-state index in [4.69, 9.17) is 0 Å². The average molecular weight is 312 g/mol. The molecule has 0 aromatic carbocycles. The van der Waals surface area contributed by atoms with E-state index < -0.39 is 0 Å². The molecule has 0 bridgehead atoms. The molecular weight excluding hydrogens is 284 g/mol. The van der Waals surface area contributed by atoms with Crippen molar-refractivity contribution < 1.29 is 9.59 Å². The van der Waals surface area contributed by atoms with Crippen molar-refractivity contribution in [1.82, 2.24) is 0 Å². The normalized spacial score (nSPS) is 27.6. The molecule has 3 unspecified atom stereocenters. The van der Waals surface area contributed by atoms with Crippen LogP contribution in [0.3, 0.4) is 0 Å². The zero-order valence-corrected chi connectivity index (χ0v) is 14.8. The van der Waals surface area contributed by atoms with E-state index >= 15 is 0 Å². The van der Waals surface area contributed by atoms with E-state index in [0.717, 1.165) is 19.3 Å². The lowest BCUT2D eigenvalue weighted by atomic mass is 9.66. The molecule has 2 nitrogen and oxygen atoms in total. The van der Waals surface area contributed by atoms with Gasteiger partial charge in [-0.15, -0.1) is 0 Å². The summed E-state index contributed by atoms with van der Waals surface area (Å²) in [6.45, 7) is 8.59. The van der Waals surface area contributed by atoms with Crippen LogP contribution in [0.2, 0.25) is 0 Å². The van der Waals surface area contributed by atoms with Crippen LogP contribution in [-0.4, -0.2) is 11.6 Å². The van der Waals surface area contributed by atoms with Crippen LogP contribution in [0, 0.1) is 17.8 Å². The van der Waals surface area contributed by atoms with Crippen LogP contribution in [0.1, 0.15) is 53.4 Å². The average Bonchev–Trinajstić information content (AvgIpc) is 2.49. The Balaban J connectivity index is 2.05. The number of ketones is 2. The van der Waals surface area contributed by atoms with E-state index in [1.807, 2.05) is 6.08 Å². The van der Waals surface area contributed by atoms with Crippen molar-refractivity contribution >= 4 is 11.6 Å². The fraction of sp³-hybridized carbons (Fsp3) is 0.524. The number of rotatable bonds is 5. The summed E-state index contributed by atoms with van der Waals surface area (Å²) >= 11 is 0. The minimum absolute atomic E-state index is 0.138. The van der Waals surface area contributed by atoms with Crippen molar-refractivity contribution in [2.45, 2.75) is 53.4 Å². The molecule has 0 saturated carbocycles. The molecule has 0 amide bonds. The molecule has 0 aliphatic heterocycles. The van der Waals surface area contributed by atoms with Crippen molar-refractivity contribution in [3.63, 3.8) is 0 Å². The van der Waals surface area contributed by atoms with Gasteiger partial charge in [-0.25, -0.2) is 0 Å². The van der Waals surface area contributed by atoms with Gasteiger partial charge in [-0.3, -0.25) is 9.59 Å². The molecule has 2 heteroatoms. The fourth-order valence-electron chi connectivity index (χ4n) is 3.58. The maximum atomic E-state index is 12.1. The summed E-state index contributed by atoms with van der Waals surface area (Å²) in [7, 11) is 0. The largest absolute Gasteiger partial charge is 0.290 e. The Morgan fingerprint density at radius 3 is 2.65 bits per heavy atom. The highest BCUT2D eigenvalue weighted by Gasteiger charge is 2.39. The lowest BCUT2D eigenvalue weighted by molar-refractivity contribution is -0.138. The van der Waals surface area contributed by atoms with Gasteiger partial charge in [-0.1, -0.05) is 41.0 Å². The number of allylic oxidation sites excluding steroid dienone is 8. The first kappa shape index (κ1) is 17.7. The van der Waals surface area contributed by atoms with Gasteiger partial charge < -0.3 is 0 Å². The van der Waals surface area contributed by atoms with Gasteiger partial charge >= 0.3 is 0 Å². The van der Waals surface area contributed by atoms with Crippen LogP contribution in [0.15, 0.2) is 47.1 Å². The maximum Gasteiger partial charge on any atom is 0.221 e. The van der Waals surface area contributed by atoms with E-state index in [-0.39, 0.29) is 23.4 Å². The van der Waals surface area contributed by atoms with Gasteiger partial charge in [0.2, 0.25) is 11.6 Å². The molecule has 0 radical (unpaired) electrons.